The standard InChI is InChI=1S/C44H38N6O5/c1-52-32-14-9-27(10-15-32)26-55-39-20-12-30(25-35(39)44-53-22-23-54-44)43(51)49-37-17-11-29-24-31(13-16-33(29)37)50-41(34-8-5-21-46-40(34)45)48-38-19-18-36(47-42(38)50)28-6-3-2-4-7-28/h2-10,12-16,18-21,24-25,37,44H,11,17,22-23,26H2,1H3,(H2,45,46)(H,49,51)/t37-/m0/s1. The Balaban J connectivity index is 0.997. The van der Waals surface area contributed by atoms with Crippen molar-refractivity contribution in [2.45, 2.75) is 31.8 Å². The van der Waals surface area contributed by atoms with Crippen molar-refractivity contribution in [1.29, 1.82) is 0 Å². The third-order valence-corrected chi connectivity index (χ3v) is 10.1. The number of rotatable bonds is 10. The molecule has 11 nitrogen and oxygen atoms in total. The van der Waals surface area contributed by atoms with Gasteiger partial charge in [-0.3, -0.25) is 9.36 Å². The van der Waals surface area contributed by atoms with Gasteiger partial charge in [0, 0.05) is 23.0 Å². The van der Waals surface area contributed by atoms with Gasteiger partial charge in [0.25, 0.3) is 5.91 Å². The van der Waals surface area contributed by atoms with E-state index in [2.05, 4.69) is 28.5 Å². The summed E-state index contributed by atoms with van der Waals surface area (Å²) in [6, 6.07) is 37.1. The second-order valence-corrected chi connectivity index (χ2v) is 13.5. The molecule has 4 aromatic carbocycles. The Bertz CT molecular complexity index is 2510. The van der Waals surface area contributed by atoms with Gasteiger partial charge in [-0.05, 0) is 96.3 Å². The molecule has 1 aliphatic carbocycles. The van der Waals surface area contributed by atoms with Crippen molar-refractivity contribution in [3.05, 3.63) is 149 Å². The first-order chi connectivity index (χ1) is 27.0. The van der Waals surface area contributed by atoms with Crippen molar-refractivity contribution < 1.29 is 23.7 Å². The molecular formula is C44H38N6O5. The van der Waals surface area contributed by atoms with Gasteiger partial charge in [-0.25, -0.2) is 15.0 Å². The zero-order chi connectivity index (χ0) is 37.3. The van der Waals surface area contributed by atoms with Gasteiger partial charge >= 0.3 is 0 Å². The Morgan fingerprint density at radius 2 is 1.73 bits per heavy atom. The molecule has 1 amide bonds. The van der Waals surface area contributed by atoms with Gasteiger partial charge in [-0.2, -0.15) is 0 Å². The minimum absolute atomic E-state index is 0.166. The molecule has 3 N–H and O–H groups in total. The molecule has 0 saturated carbocycles. The van der Waals surface area contributed by atoms with Crippen LogP contribution in [0.15, 0.2) is 121 Å². The van der Waals surface area contributed by atoms with E-state index in [0.717, 1.165) is 63.3 Å². The third kappa shape index (κ3) is 6.75. The summed E-state index contributed by atoms with van der Waals surface area (Å²) in [5, 5.41) is 3.28. The van der Waals surface area contributed by atoms with E-state index < -0.39 is 6.29 Å². The topological polar surface area (TPSA) is 136 Å². The molecule has 0 bridgehead atoms. The third-order valence-electron chi connectivity index (χ3n) is 10.1. The highest BCUT2D eigenvalue weighted by atomic mass is 16.7. The Labute approximate surface area is 317 Å². The number of hydrogen-bond acceptors (Lipinski definition) is 9. The Hall–Kier alpha value is -6.56. The number of nitrogens with zero attached hydrogens (tertiary/aromatic N) is 4. The number of amides is 1. The molecule has 1 atom stereocenters. The van der Waals surface area contributed by atoms with Crippen LogP contribution in [0.2, 0.25) is 0 Å². The van der Waals surface area contributed by atoms with Crippen molar-refractivity contribution in [3.63, 3.8) is 0 Å². The zero-order valence-electron chi connectivity index (χ0n) is 30.1. The summed E-state index contributed by atoms with van der Waals surface area (Å²) in [5.74, 6) is 2.24. The fourth-order valence-corrected chi connectivity index (χ4v) is 7.32. The SMILES string of the molecule is COc1ccc(COc2ccc(C(=O)N[C@H]3CCc4cc(-n5c(-c6cccnc6N)nc6ccc(-c7ccccc7)nc65)ccc43)cc2C2OCCO2)cc1. The molecule has 1 aliphatic heterocycles. The van der Waals surface area contributed by atoms with Crippen molar-refractivity contribution >= 4 is 22.9 Å². The van der Waals surface area contributed by atoms with Crippen LogP contribution in [-0.4, -0.2) is 45.7 Å². The first-order valence-corrected chi connectivity index (χ1v) is 18.2. The summed E-state index contributed by atoms with van der Waals surface area (Å²) in [6.45, 7) is 1.28. The fourth-order valence-electron chi connectivity index (χ4n) is 7.32. The van der Waals surface area contributed by atoms with Crippen LogP contribution < -0.4 is 20.5 Å². The van der Waals surface area contributed by atoms with Gasteiger partial charge in [0.05, 0.1) is 43.2 Å². The van der Waals surface area contributed by atoms with Gasteiger partial charge in [0.15, 0.2) is 17.8 Å². The number of aryl methyl sites for hydroxylation is 1. The van der Waals surface area contributed by atoms with Crippen LogP contribution in [0.3, 0.4) is 0 Å². The lowest BCUT2D eigenvalue weighted by Crippen LogP contribution is -2.27. The number of aromatic nitrogens is 4. The summed E-state index contributed by atoms with van der Waals surface area (Å²) < 4.78 is 25.2. The molecule has 11 heteroatoms. The zero-order valence-corrected chi connectivity index (χ0v) is 30.1. The van der Waals surface area contributed by atoms with E-state index in [1.807, 2.05) is 89.5 Å². The van der Waals surface area contributed by atoms with Crippen LogP contribution in [-0.2, 0) is 22.5 Å². The predicted molar refractivity (Wildman–Crippen MR) is 209 cm³/mol. The summed E-state index contributed by atoms with van der Waals surface area (Å²) in [6.07, 6.45) is 2.61. The smallest absolute Gasteiger partial charge is 0.251 e. The summed E-state index contributed by atoms with van der Waals surface area (Å²) in [5.41, 5.74) is 15.7. The number of nitrogen functional groups attached to an aromatic ring is 1. The Kier molecular flexibility index (Phi) is 9.14. The van der Waals surface area contributed by atoms with Gasteiger partial charge < -0.3 is 30.0 Å². The molecule has 274 valence electrons. The minimum Gasteiger partial charge on any atom is -0.497 e. The van der Waals surface area contributed by atoms with Crippen molar-refractivity contribution in [2.24, 2.45) is 0 Å². The number of fused-ring (bicyclic) bond motifs is 2. The highest BCUT2D eigenvalue weighted by Gasteiger charge is 2.28. The molecular weight excluding hydrogens is 693 g/mol. The number of nitrogens with one attached hydrogen (secondary N) is 1. The highest BCUT2D eigenvalue weighted by Crippen LogP contribution is 2.37. The predicted octanol–water partition coefficient (Wildman–Crippen LogP) is 7.78. The van der Waals surface area contributed by atoms with E-state index in [9.17, 15) is 4.79 Å². The molecule has 2 aliphatic rings. The lowest BCUT2D eigenvalue weighted by Gasteiger charge is -2.19. The average molecular weight is 731 g/mol. The van der Waals surface area contributed by atoms with Crippen LogP contribution >= 0.6 is 0 Å². The first kappa shape index (κ1) is 34.2. The lowest BCUT2D eigenvalue weighted by molar-refractivity contribution is -0.0459. The molecule has 1 fully saturated rings. The van der Waals surface area contributed by atoms with Gasteiger partial charge in [0.2, 0.25) is 0 Å². The minimum atomic E-state index is -0.617. The number of benzene rings is 4. The van der Waals surface area contributed by atoms with Crippen LogP contribution in [0.5, 0.6) is 11.5 Å². The van der Waals surface area contributed by atoms with Crippen LogP contribution in [0.4, 0.5) is 5.82 Å². The Morgan fingerprint density at radius 3 is 2.53 bits per heavy atom. The van der Waals surface area contributed by atoms with E-state index in [1.54, 1.807) is 25.4 Å². The maximum absolute atomic E-state index is 13.8. The van der Waals surface area contributed by atoms with Crippen LogP contribution in [0, 0.1) is 0 Å². The van der Waals surface area contributed by atoms with Gasteiger partial charge in [-0.15, -0.1) is 0 Å². The fraction of sp³-hybridized carbons (Fsp3) is 0.182. The number of ether oxygens (including phenoxy) is 4. The lowest BCUT2D eigenvalue weighted by atomic mass is 10.0. The second kappa shape index (κ2) is 14.7. The number of pyridine rings is 2. The number of carbonyl (C=O) groups excluding carboxylic acids is 1. The normalized spacial score (nSPS) is 15.3. The number of hydrogen-bond donors (Lipinski definition) is 2. The molecule has 55 heavy (non-hydrogen) atoms. The van der Waals surface area contributed by atoms with E-state index in [4.69, 9.17) is 34.6 Å². The molecule has 7 aromatic rings. The Morgan fingerprint density at radius 1 is 0.891 bits per heavy atom. The molecule has 9 rings (SSSR count). The second-order valence-electron chi connectivity index (χ2n) is 13.5. The van der Waals surface area contributed by atoms with Crippen molar-refractivity contribution in [2.75, 3.05) is 26.1 Å². The quantitative estimate of drug-likeness (QED) is 0.145. The van der Waals surface area contributed by atoms with Crippen molar-refractivity contribution in [1.82, 2.24) is 24.8 Å². The number of anilines is 1. The molecule has 0 unspecified atom stereocenters. The maximum atomic E-state index is 13.8. The first-order valence-electron chi connectivity index (χ1n) is 18.2. The van der Waals surface area contributed by atoms with Crippen LogP contribution in [0.25, 0.3) is 39.5 Å². The number of nitrogens with two attached hydrogens (primary N) is 1. The summed E-state index contributed by atoms with van der Waals surface area (Å²) in [7, 11) is 1.64. The number of methoxy groups -OCH3 is 1. The average Bonchev–Trinajstić information content (AvgIpc) is 4.00. The van der Waals surface area contributed by atoms with Crippen molar-refractivity contribution in [3.8, 4) is 39.8 Å². The maximum Gasteiger partial charge on any atom is 0.251 e. The largest absolute Gasteiger partial charge is 0.497 e. The molecule has 1 saturated heterocycles. The van der Waals surface area contributed by atoms with E-state index in [1.165, 1.54) is 0 Å². The molecule has 4 heterocycles. The van der Waals surface area contributed by atoms with E-state index >= 15 is 0 Å². The van der Waals surface area contributed by atoms with Crippen LogP contribution in [0.1, 0.15) is 51.4 Å². The van der Waals surface area contributed by atoms with Gasteiger partial charge in [0.1, 0.15) is 29.4 Å². The molecule has 3 aromatic heterocycles. The summed E-state index contributed by atoms with van der Waals surface area (Å²) >= 11 is 0. The molecule has 0 spiro atoms. The number of imidazole rings is 1. The monoisotopic (exact) mass is 730 g/mol. The van der Waals surface area contributed by atoms with E-state index in [0.29, 0.717) is 54.0 Å². The number of carbonyl (C=O) groups is 1. The summed E-state index contributed by atoms with van der Waals surface area (Å²) in [4.78, 5) is 28.3. The van der Waals surface area contributed by atoms with Gasteiger partial charge in [-0.1, -0.05) is 48.5 Å². The highest BCUT2D eigenvalue weighted by molar-refractivity contribution is 5.95. The van der Waals surface area contributed by atoms with E-state index in [-0.39, 0.29) is 11.9 Å². The molecule has 0 radical (unpaired) electrons.